The third-order valence-electron chi connectivity index (χ3n) is 6.18. The summed E-state index contributed by atoms with van der Waals surface area (Å²) in [5.74, 6) is -3.06. The Morgan fingerprint density at radius 3 is 1.87 bits per heavy atom. The first kappa shape index (κ1) is 32.9. The van der Waals surface area contributed by atoms with Crippen molar-refractivity contribution in [3.05, 3.63) is 23.8 Å². The van der Waals surface area contributed by atoms with Gasteiger partial charge in [-0.3, -0.25) is 14.4 Å². The maximum Gasteiger partial charge on any atom is 0.508 e. The number of carboxylic acids is 1. The molecule has 1 aromatic rings. The van der Waals surface area contributed by atoms with Crippen LogP contribution >= 0.6 is 0 Å². The minimum atomic E-state index is -1.37. The van der Waals surface area contributed by atoms with E-state index in [0.29, 0.717) is 24.3 Å². The number of benzene rings is 1. The minimum absolute atomic E-state index is 0.0112. The molecule has 0 aliphatic heterocycles. The Morgan fingerprint density at radius 1 is 0.868 bits per heavy atom. The van der Waals surface area contributed by atoms with Gasteiger partial charge < -0.3 is 29.8 Å². The van der Waals surface area contributed by atoms with Crippen LogP contribution in [0.4, 0.5) is 4.79 Å². The fourth-order valence-corrected chi connectivity index (χ4v) is 3.75. The number of ether oxygens (including phenoxy) is 4. The summed E-state index contributed by atoms with van der Waals surface area (Å²) < 4.78 is 21.2. The lowest BCUT2D eigenvalue weighted by Crippen LogP contribution is -2.42. The topological polar surface area (TPSA) is 151 Å². The van der Waals surface area contributed by atoms with E-state index in [1.165, 1.54) is 12.1 Å². The van der Waals surface area contributed by atoms with Crippen molar-refractivity contribution in [3.63, 3.8) is 0 Å². The Labute approximate surface area is 225 Å². The van der Waals surface area contributed by atoms with Crippen molar-refractivity contribution in [2.45, 2.75) is 92.2 Å². The second-order valence-corrected chi connectivity index (χ2v) is 10.3. The Morgan fingerprint density at radius 2 is 1.39 bits per heavy atom. The van der Waals surface area contributed by atoms with Crippen LogP contribution in [0.25, 0.3) is 0 Å². The molecule has 1 rings (SSSR count). The predicted molar refractivity (Wildman–Crippen MR) is 141 cm³/mol. The summed E-state index contributed by atoms with van der Waals surface area (Å²) in [6, 6.07) is 3.11. The zero-order chi connectivity index (χ0) is 29.0. The fraction of sp³-hybridized carbons (Fsp3) is 0.643. The molecule has 0 radical (unpaired) electrons. The van der Waals surface area contributed by atoms with E-state index in [9.17, 15) is 24.3 Å². The maximum absolute atomic E-state index is 12.6. The summed E-state index contributed by atoms with van der Waals surface area (Å²) in [6.45, 7) is 13.0. The first-order valence-electron chi connectivity index (χ1n) is 13.1. The lowest BCUT2D eigenvalue weighted by atomic mass is 9.79. The summed E-state index contributed by atoms with van der Waals surface area (Å²) in [6.07, 6.45) is -0.0541. The third kappa shape index (κ3) is 11.1. The lowest BCUT2D eigenvalue weighted by Gasteiger charge is -2.31. The van der Waals surface area contributed by atoms with Crippen LogP contribution in [0, 0.1) is 17.8 Å². The van der Waals surface area contributed by atoms with Crippen LogP contribution in [0.1, 0.15) is 85.6 Å². The number of hydrogen-bond acceptors (Lipinski definition) is 9. The molecule has 0 aliphatic rings. The van der Waals surface area contributed by atoms with Crippen LogP contribution in [0.5, 0.6) is 11.5 Å². The van der Waals surface area contributed by atoms with Gasteiger partial charge >= 0.3 is 24.1 Å². The predicted octanol–water partition coefficient (Wildman–Crippen LogP) is 5.06. The molecule has 3 unspecified atom stereocenters. The quantitative estimate of drug-likeness (QED) is 0.229. The summed E-state index contributed by atoms with van der Waals surface area (Å²) in [7, 11) is 0. The Kier molecular flexibility index (Phi) is 13.8. The first-order chi connectivity index (χ1) is 17.8. The van der Waals surface area contributed by atoms with Gasteiger partial charge in [-0.05, 0) is 56.2 Å². The fourth-order valence-electron chi connectivity index (χ4n) is 3.75. The molecule has 214 valence electrons. The van der Waals surface area contributed by atoms with E-state index >= 15 is 0 Å². The van der Waals surface area contributed by atoms with E-state index in [0.717, 1.165) is 0 Å². The number of esters is 2. The standard InChI is InChI=1S/C28H43NO9/c1-8-35-28(34)36-19(7)18(6)25(26(29)27(32)33)20-11-12-21(37-23(30)13-9-16(2)3)22(15-20)38-24(31)14-10-17(4)5/h11-12,15-19,25-26H,8-10,13-14,29H2,1-7H3,(H,32,33)/t18?,19?,25?,26-/m0/s1. The van der Waals surface area contributed by atoms with Crippen molar-refractivity contribution < 1.29 is 43.2 Å². The van der Waals surface area contributed by atoms with Crippen molar-refractivity contribution in [2.75, 3.05) is 6.61 Å². The Hall–Kier alpha value is -3.14. The molecule has 0 amide bonds. The molecular weight excluding hydrogens is 494 g/mol. The summed E-state index contributed by atoms with van der Waals surface area (Å²) >= 11 is 0. The van der Waals surface area contributed by atoms with Crippen molar-refractivity contribution in [3.8, 4) is 11.5 Å². The zero-order valence-electron chi connectivity index (χ0n) is 23.5. The van der Waals surface area contributed by atoms with Gasteiger partial charge in [-0.15, -0.1) is 0 Å². The molecule has 38 heavy (non-hydrogen) atoms. The van der Waals surface area contributed by atoms with Crippen LogP contribution < -0.4 is 15.2 Å². The van der Waals surface area contributed by atoms with Gasteiger partial charge in [0.25, 0.3) is 0 Å². The Balaban J connectivity index is 3.40. The summed E-state index contributed by atoms with van der Waals surface area (Å²) in [5.41, 5.74) is 6.49. The number of hydrogen-bond donors (Lipinski definition) is 2. The van der Waals surface area contributed by atoms with Gasteiger partial charge in [-0.2, -0.15) is 0 Å². The largest absolute Gasteiger partial charge is 0.508 e. The van der Waals surface area contributed by atoms with Gasteiger partial charge in [0.1, 0.15) is 12.1 Å². The number of carboxylic acid groups (broad SMARTS) is 1. The lowest BCUT2D eigenvalue weighted by molar-refractivity contribution is -0.140. The third-order valence-corrected chi connectivity index (χ3v) is 6.18. The van der Waals surface area contributed by atoms with E-state index in [1.807, 2.05) is 27.7 Å². The number of nitrogens with two attached hydrogens (primary N) is 1. The number of carbonyl (C=O) groups is 4. The van der Waals surface area contributed by atoms with E-state index in [1.54, 1.807) is 26.8 Å². The first-order valence-corrected chi connectivity index (χ1v) is 13.1. The van der Waals surface area contributed by atoms with Crippen LogP contribution in [0.2, 0.25) is 0 Å². The zero-order valence-corrected chi connectivity index (χ0v) is 23.5. The Bertz CT molecular complexity index is 944. The summed E-state index contributed by atoms with van der Waals surface area (Å²) in [4.78, 5) is 48.7. The molecule has 0 spiro atoms. The average Bonchev–Trinajstić information content (AvgIpc) is 2.82. The smallest absolute Gasteiger partial charge is 0.480 e. The van der Waals surface area contributed by atoms with E-state index < -0.39 is 48.0 Å². The van der Waals surface area contributed by atoms with Crippen molar-refractivity contribution in [1.29, 1.82) is 0 Å². The van der Waals surface area contributed by atoms with Gasteiger partial charge in [-0.1, -0.05) is 40.7 Å². The van der Waals surface area contributed by atoms with Crippen LogP contribution in [-0.4, -0.2) is 47.9 Å². The number of rotatable bonds is 15. The maximum atomic E-state index is 12.6. The monoisotopic (exact) mass is 537 g/mol. The molecule has 0 saturated heterocycles. The van der Waals surface area contributed by atoms with Gasteiger partial charge in [0.05, 0.1) is 6.61 Å². The van der Waals surface area contributed by atoms with Gasteiger partial charge in [-0.25, -0.2) is 4.79 Å². The minimum Gasteiger partial charge on any atom is -0.480 e. The summed E-state index contributed by atoms with van der Waals surface area (Å²) in [5, 5.41) is 9.71. The van der Waals surface area contributed by atoms with Crippen molar-refractivity contribution in [1.82, 2.24) is 0 Å². The average molecular weight is 538 g/mol. The van der Waals surface area contributed by atoms with E-state index in [-0.39, 0.29) is 36.9 Å². The highest BCUT2D eigenvalue weighted by molar-refractivity contribution is 5.77. The van der Waals surface area contributed by atoms with Gasteiger partial charge in [0, 0.05) is 24.7 Å². The number of carbonyl (C=O) groups excluding carboxylic acids is 3. The molecule has 0 fully saturated rings. The van der Waals surface area contributed by atoms with Crippen molar-refractivity contribution >= 4 is 24.1 Å². The molecule has 10 nitrogen and oxygen atoms in total. The molecule has 4 atom stereocenters. The molecule has 3 N–H and O–H groups in total. The molecule has 0 aliphatic carbocycles. The SMILES string of the molecule is CCOC(=O)OC(C)C(C)C(c1ccc(OC(=O)CCC(C)C)c(OC(=O)CCC(C)C)c1)[C@H](N)C(=O)O. The van der Waals surface area contributed by atoms with Crippen LogP contribution in [0.3, 0.4) is 0 Å². The molecule has 1 aromatic carbocycles. The second-order valence-electron chi connectivity index (χ2n) is 10.3. The molecular formula is C28H43NO9. The normalized spacial score (nSPS) is 14.4. The van der Waals surface area contributed by atoms with Crippen LogP contribution in [-0.2, 0) is 23.9 Å². The molecule has 10 heteroatoms. The second kappa shape index (κ2) is 16.0. The van der Waals surface area contributed by atoms with E-state index in [2.05, 4.69) is 0 Å². The van der Waals surface area contributed by atoms with Gasteiger partial charge in [0.15, 0.2) is 11.5 Å². The molecule has 0 saturated carbocycles. The highest BCUT2D eigenvalue weighted by Gasteiger charge is 2.36. The highest BCUT2D eigenvalue weighted by Crippen LogP contribution is 2.37. The van der Waals surface area contributed by atoms with Gasteiger partial charge in [0.2, 0.25) is 0 Å². The molecule has 0 aromatic heterocycles. The number of aliphatic carboxylic acids is 1. The molecule has 0 heterocycles. The van der Waals surface area contributed by atoms with Crippen LogP contribution in [0.15, 0.2) is 18.2 Å². The van der Waals surface area contributed by atoms with Crippen molar-refractivity contribution in [2.24, 2.45) is 23.5 Å². The molecule has 0 bridgehead atoms. The highest BCUT2D eigenvalue weighted by atomic mass is 16.7. The van der Waals surface area contributed by atoms with E-state index in [4.69, 9.17) is 24.7 Å².